The van der Waals surface area contributed by atoms with Crippen molar-refractivity contribution in [2.75, 3.05) is 0 Å². The van der Waals surface area contributed by atoms with Crippen molar-refractivity contribution in [1.29, 1.82) is 0 Å². The van der Waals surface area contributed by atoms with Crippen LogP contribution in [-0.2, 0) is 14.1 Å². The number of carbonyl (C=O) groups is 1. The number of hydrogen-bond donors (Lipinski definition) is 0. The van der Waals surface area contributed by atoms with Crippen LogP contribution >= 0.6 is 0 Å². The van der Waals surface area contributed by atoms with E-state index in [2.05, 4.69) is 27.7 Å². The lowest BCUT2D eigenvalue weighted by atomic mass is 9.81. The molecule has 0 amide bonds. The van der Waals surface area contributed by atoms with Crippen LogP contribution in [0.2, 0.25) is 6.32 Å². The van der Waals surface area contributed by atoms with Crippen molar-refractivity contribution in [1.82, 2.24) is 0 Å². The molecule has 4 heteroatoms. The average molecular weight is 240 g/mol. The highest BCUT2D eigenvalue weighted by Crippen LogP contribution is 2.38. The number of ketones is 1. The second-order valence-electron chi connectivity index (χ2n) is 6.13. The van der Waals surface area contributed by atoms with Gasteiger partial charge < -0.3 is 9.31 Å². The predicted molar refractivity (Wildman–Crippen MR) is 70.0 cm³/mol. The fourth-order valence-corrected chi connectivity index (χ4v) is 1.88. The van der Waals surface area contributed by atoms with E-state index in [-0.39, 0.29) is 30.0 Å². The number of rotatable bonds is 5. The molecule has 0 bridgehead atoms. The SMILES string of the molecule is CC(=O)C(C)CCCB1OC(C)(C)C(C)(C)O1. The lowest BCUT2D eigenvalue weighted by molar-refractivity contribution is -0.120. The van der Waals surface area contributed by atoms with E-state index in [1.807, 2.05) is 6.92 Å². The van der Waals surface area contributed by atoms with Crippen LogP contribution in [0.1, 0.15) is 54.4 Å². The second-order valence-corrected chi connectivity index (χ2v) is 6.13. The first kappa shape index (κ1) is 14.7. The number of carbonyl (C=O) groups excluding carboxylic acids is 1. The summed E-state index contributed by atoms with van der Waals surface area (Å²) in [7, 11) is -0.126. The summed E-state index contributed by atoms with van der Waals surface area (Å²) in [6.45, 7) is 11.9. The summed E-state index contributed by atoms with van der Waals surface area (Å²) in [5, 5.41) is 0. The van der Waals surface area contributed by atoms with E-state index in [1.54, 1.807) is 6.92 Å². The van der Waals surface area contributed by atoms with Crippen LogP contribution in [0, 0.1) is 5.92 Å². The maximum Gasteiger partial charge on any atom is 0.457 e. The largest absolute Gasteiger partial charge is 0.457 e. The molecule has 0 aliphatic carbocycles. The summed E-state index contributed by atoms with van der Waals surface area (Å²) >= 11 is 0. The average Bonchev–Trinajstić information content (AvgIpc) is 2.34. The van der Waals surface area contributed by atoms with Crippen molar-refractivity contribution in [3.8, 4) is 0 Å². The molecule has 1 unspecified atom stereocenters. The Morgan fingerprint density at radius 3 is 2.06 bits per heavy atom. The molecule has 0 radical (unpaired) electrons. The third-order valence-corrected chi connectivity index (χ3v) is 4.07. The molecule has 1 aliphatic rings. The molecule has 17 heavy (non-hydrogen) atoms. The van der Waals surface area contributed by atoms with Gasteiger partial charge in [-0.2, -0.15) is 0 Å². The fraction of sp³-hybridized carbons (Fsp3) is 0.923. The molecular formula is C13H25BO3. The first-order chi connectivity index (χ1) is 7.66. The molecule has 98 valence electrons. The van der Waals surface area contributed by atoms with Crippen LogP contribution in [0.5, 0.6) is 0 Å². The monoisotopic (exact) mass is 240 g/mol. The van der Waals surface area contributed by atoms with Gasteiger partial charge in [0.2, 0.25) is 0 Å². The molecule has 0 aromatic heterocycles. The molecule has 0 aromatic carbocycles. The molecule has 1 fully saturated rings. The Kier molecular flexibility index (Phi) is 4.42. The Morgan fingerprint density at radius 1 is 1.18 bits per heavy atom. The Morgan fingerprint density at radius 2 is 1.65 bits per heavy atom. The molecule has 1 saturated heterocycles. The van der Waals surface area contributed by atoms with Crippen molar-refractivity contribution in [2.45, 2.75) is 71.9 Å². The minimum absolute atomic E-state index is 0.126. The van der Waals surface area contributed by atoms with Gasteiger partial charge in [0.15, 0.2) is 0 Å². The van der Waals surface area contributed by atoms with Crippen LogP contribution < -0.4 is 0 Å². The lowest BCUT2D eigenvalue weighted by Gasteiger charge is -2.32. The second kappa shape index (κ2) is 5.11. The van der Waals surface area contributed by atoms with Gasteiger partial charge in [0.25, 0.3) is 0 Å². The van der Waals surface area contributed by atoms with E-state index < -0.39 is 0 Å². The van der Waals surface area contributed by atoms with Crippen molar-refractivity contribution in [3.05, 3.63) is 0 Å². The highest BCUT2D eigenvalue weighted by atomic mass is 16.7. The molecule has 0 aromatic rings. The van der Waals surface area contributed by atoms with Gasteiger partial charge >= 0.3 is 7.12 Å². The minimum atomic E-state index is -0.246. The molecule has 1 atom stereocenters. The van der Waals surface area contributed by atoms with Crippen molar-refractivity contribution in [3.63, 3.8) is 0 Å². The normalized spacial score (nSPS) is 23.8. The van der Waals surface area contributed by atoms with Crippen LogP contribution in [0.25, 0.3) is 0 Å². The summed E-state index contributed by atoms with van der Waals surface area (Å²) < 4.78 is 11.8. The predicted octanol–water partition coefficient (Wildman–Crippen LogP) is 3.08. The highest BCUT2D eigenvalue weighted by Gasteiger charge is 2.50. The van der Waals surface area contributed by atoms with Gasteiger partial charge in [-0.1, -0.05) is 13.3 Å². The Labute approximate surface area is 105 Å². The highest BCUT2D eigenvalue weighted by molar-refractivity contribution is 6.45. The summed E-state index contributed by atoms with van der Waals surface area (Å²) in [6.07, 6.45) is 2.75. The van der Waals surface area contributed by atoms with Gasteiger partial charge in [0, 0.05) is 5.92 Å². The van der Waals surface area contributed by atoms with Gasteiger partial charge in [-0.15, -0.1) is 0 Å². The van der Waals surface area contributed by atoms with Crippen LogP contribution in [0.4, 0.5) is 0 Å². The van der Waals surface area contributed by atoms with Gasteiger partial charge in [0.05, 0.1) is 11.2 Å². The van der Waals surface area contributed by atoms with Gasteiger partial charge in [-0.25, -0.2) is 0 Å². The standard InChI is InChI=1S/C13H25BO3/c1-10(11(2)15)8-7-9-14-16-12(3,4)13(5,6)17-14/h10H,7-9H2,1-6H3. The Balaban J connectivity index is 2.34. The van der Waals surface area contributed by atoms with E-state index in [9.17, 15) is 4.79 Å². The zero-order chi connectivity index (χ0) is 13.3. The summed E-state index contributed by atoms with van der Waals surface area (Å²) in [5.74, 6) is 0.413. The molecule has 1 heterocycles. The van der Waals surface area contributed by atoms with E-state index in [1.165, 1.54) is 0 Å². The minimum Gasteiger partial charge on any atom is -0.403 e. The van der Waals surface area contributed by atoms with Crippen molar-refractivity contribution in [2.24, 2.45) is 5.92 Å². The maximum atomic E-state index is 11.1. The van der Waals surface area contributed by atoms with E-state index in [4.69, 9.17) is 9.31 Å². The first-order valence-electron chi connectivity index (χ1n) is 6.52. The first-order valence-corrected chi connectivity index (χ1v) is 6.52. The number of Topliss-reactive ketones (excluding diaryl/α,β-unsaturated/α-hetero) is 1. The topological polar surface area (TPSA) is 35.5 Å². The summed E-state index contributed by atoms with van der Waals surface area (Å²) in [6, 6.07) is 0. The lowest BCUT2D eigenvalue weighted by Crippen LogP contribution is -2.41. The Bertz CT molecular complexity index is 270. The smallest absolute Gasteiger partial charge is 0.403 e. The molecular weight excluding hydrogens is 215 g/mol. The van der Waals surface area contributed by atoms with Crippen molar-refractivity contribution < 1.29 is 14.1 Å². The molecule has 0 saturated carbocycles. The molecule has 1 aliphatic heterocycles. The van der Waals surface area contributed by atoms with E-state index >= 15 is 0 Å². The Hall–Kier alpha value is -0.345. The molecule has 0 N–H and O–H groups in total. The molecule has 1 rings (SSSR count). The number of hydrogen-bond acceptors (Lipinski definition) is 3. The molecule has 3 nitrogen and oxygen atoms in total. The van der Waals surface area contributed by atoms with E-state index in [0.717, 1.165) is 19.2 Å². The summed E-state index contributed by atoms with van der Waals surface area (Å²) in [4.78, 5) is 11.1. The van der Waals surface area contributed by atoms with Gasteiger partial charge in [-0.3, -0.25) is 4.79 Å². The third kappa shape index (κ3) is 3.55. The third-order valence-electron chi connectivity index (χ3n) is 4.07. The van der Waals surface area contributed by atoms with Crippen LogP contribution in [-0.4, -0.2) is 24.1 Å². The van der Waals surface area contributed by atoms with Crippen LogP contribution in [0.3, 0.4) is 0 Å². The summed E-state index contributed by atoms with van der Waals surface area (Å²) in [5.41, 5.74) is -0.492. The zero-order valence-electron chi connectivity index (χ0n) is 12.0. The fourth-order valence-electron chi connectivity index (χ4n) is 1.88. The quantitative estimate of drug-likeness (QED) is 0.692. The van der Waals surface area contributed by atoms with Crippen LogP contribution in [0.15, 0.2) is 0 Å². The van der Waals surface area contributed by atoms with Gasteiger partial charge in [-0.05, 0) is 47.4 Å². The van der Waals surface area contributed by atoms with E-state index in [0.29, 0.717) is 0 Å². The maximum absolute atomic E-state index is 11.1. The molecule has 0 spiro atoms. The van der Waals surface area contributed by atoms with Crippen molar-refractivity contribution >= 4 is 12.9 Å². The zero-order valence-corrected chi connectivity index (χ0v) is 12.0. The van der Waals surface area contributed by atoms with Gasteiger partial charge in [0.1, 0.15) is 5.78 Å².